The Morgan fingerprint density at radius 1 is 0.952 bits per heavy atom. The molecule has 0 saturated carbocycles. The number of anilines is 1. The van der Waals surface area contributed by atoms with E-state index in [1.54, 1.807) is 18.0 Å². The maximum absolute atomic E-state index is 12.5. The fourth-order valence-corrected chi connectivity index (χ4v) is 2.53. The van der Waals surface area contributed by atoms with Crippen molar-refractivity contribution < 1.29 is 9.59 Å². The predicted octanol–water partition coefficient (Wildman–Crippen LogP) is 2.31. The van der Waals surface area contributed by atoms with Crippen molar-refractivity contribution in [2.45, 2.75) is 6.54 Å². The molecular weight excluding hydrogens is 264 g/mol. The number of carbonyl (C=O) groups excluding carboxylic acids is 2. The Morgan fingerprint density at radius 2 is 1.62 bits per heavy atom. The van der Waals surface area contributed by atoms with Gasteiger partial charge in [-0.2, -0.15) is 0 Å². The minimum atomic E-state index is -0.116. The van der Waals surface area contributed by atoms with Gasteiger partial charge in [-0.05, 0) is 17.7 Å². The van der Waals surface area contributed by atoms with Crippen LogP contribution in [0.5, 0.6) is 0 Å². The second-order valence-corrected chi connectivity index (χ2v) is 5.14. The highest BCUT2D eigenvalue weighted by molar-refractivity contribution is 6.09. The third kappa shape index (κ3) is 2.52. The lowest BCUT2D eigenvalue weighted by Gasteiger charge is -2.22. The van der Waals surface area contributed by atoms with Gasteiger partial charge in [-0.3, -0.25) is 9.59 Å². The van der Waals surface area contributed by atoms with Crippen molar-refractivity contribution in [3.63, 3.8) is 0 Å². The van der Waals surface area contributed by atoms with Gasteiger partial charge >= 0.3 is 0 Å². The SMILES string of the molecule is CN1CC(=O)N(Cc2ccccc2)c2ccccc2C1=O. The molecule has 1 aliphatic heterocycles. The normalized spacial score (nSPS) is 14.9. The van der Waals surface area contributed by atoms with E-state index in [1.165, 1.54) is 4.90 Å². The van der Waals surface area contributed by atoms with Gasteiger partial charge < -0.3 is 9.80 Å². The number of amides is 2. The summed E-state index contributed by atoms with van der Waals surface area (Å²) in [5.41, 5.74) is 2.29. The summed E-state index contributed by atoms with van der Waals surface area (Å²) in [4.78, 5) is 27.9. The molecule has 0 aromatic heterocycles. The molecule has 1 aliphatic rings. The molecule has 0 spiro atoms. The van der Waals surface area contributed by atoms with Crippen LogP contribution in [-0.4, -0.2) is 30.3 Å². The van der Waals surface area contributed by atoms with E-state index in [0.29, 0.717) is 17.8 Å². The lowest BCUT2D eigenvalue weighted by molar-refractivity contribution is -0.119. The van der Waals surface area contributed by atoms with Crippen LogP contribution in [0.2, 0.25) is 0 Å². The molecule has 2 amide bonds. The van der Waals surface area contributed by atoms with Crippen molar-refractivity contribution in [1.29, 1.82) is 0 Å². The van der Waals surface area contributed by atoms with E-state index in [0.717, 1.165) is 5.56 Å². The minimum absolute atomic E-state index is 0.0698. The summed E-state index contributed by atoms with van der Waals surface area (Å²) in [7, 11) is 1.66. The van der Waals surface area contributed by atoms with Crippen LogP contribution in [0, 0.1) is 0 Å². The van der Waals surface area contributed by atoms with Crippen LogP contribution in [0.4, 0.5) is 5.69 Å². The van der Waals surface area contributed by atoms with Gasteiger partial charge in [0.15, 0.2) is 0 Å². The number of fused-ring (bicyclic) bond motifs is 1. The topological polar surface area (TPSA) is 40.6 Å². The number of likely N-dealkylation sites (N-methyl/N-ethyl adjacent to an activating group) is 1. The van der Waals surface area contributed by atoms with Crippen molar-refractivity contribution in [2.75, 3.05) is 18.5 Å². The average Bonchev–Trinajstić information content (AvgIpc) is 2.60. The van der Waals surface area contributed by atoms with Crippen LogP contribution < -0.4 is 4.90 Å². The van der Waals surface area contributed by atoms with Crippen molar-refractivity contribution in [3.8, 4) is 0 Å². The first kappa shape index (κ1) is 13.4. The molecule has 4 heteroatoms. The molecule has 0 bridgehead atoms. The summed E-state index contributed by atoms with van der Waals surface area (Å²) in [5, 5.41) is 0. The highest BCUT2D eigenvalue weighted by atomic mass is 16.2. The number of hydrogen-bond donors (Lipinski definition) is 0. The average molecular weight is 280 g/mol. The molecule has 0 saturated heterocycles. The van der Waals surface area contributed by atoms with Crippen LogP contribution in [0.15, 0.2) is 54.6 Å². The third-order valence-electron chi connectivity index (χ3n) is 3.63. The fourth-order valence-electron chi connectivity index (χ4n) is 2.53. The van der Waals surface area contributed by atoms with Crippen molar-refractivity contribution >= 4 is 17.5 Å². The first-order valence-electron chi connectivity index (χ1n) is 6.85. The molecule has 106 valence electrons. The summed E-state index contributed by atoms with van der Waals surface area (Å²) in [6.07, 6.45) is 0. The Labute approximate surface area is 123 Å². The van der Waals surface area contributed by atoms with Crippen molar-refractivity contribution in [2.24, 2.45) is 0 Å². The molecule has 0 fully saturated rings. The summed E-state index contributed by atoms with van der Waals surface area (Å²) in [6, 6.07) is 17.1. The van der Waals surface area contributed by atoms with Gasteiger partial charge in [0.05, 0.1) is 17.8 Å². The number of benzene rings is 2. The standard InChI is InChI=1S/C17H16N2O2/c1-18-12-16(20)19(11-13-7-3-2-4-8-13)15-10-6-5-9-14(15)17(18)21/h2-10H,11-12H2,1H3. The molecule has 1 heterocycles. The zero-order chi connectivity index (χ0) is 14.8. The van der Waals surface area contributed by atoms with E-state index in [1.807, 2.05) is 48.5 Å². The molecule has 21 heavy (non-hydrogen) atoms. The van der Waals surface area contributed by atoms with Gasteiger partial charge in [0.1, 0.15) is 6.54 Å². The number of carbonyl (C=O) groups is 2. The smallest absolute Gasteiger partial charge is 0.256 e. The van der Waals surface area contributed by atoms with Crippen LogP contribution >= 0.6 is 0 Å². The Kier molecular flexibility index (Phi) is 3.44. The monoisotopic (exact) mass is 280 g/mol. The van der Waals surface area contributed by atoms with Crippen LogP contribution in [0.3, 0.4) is 0 Å². The first-order valence-corrected chi connectivity index (χ1v) is 6.85. The summed E-state index contributed by atoms with van der Waals surface area (Å²) < 4.78 is 0. The maximum Gasteiger partial charge on any atom is 0.256 e. The second kappa shape index (κ2) is 5.40. The van der Waals surface area contributed by atoms with Crippen LogP contribution in [0.1, 0.15) is 15.9 Å². The molecular formula is C17H16N2O2. The van der Waals surface area contributed by atoms with E-state index in [2.05, 4.69) is 0 Å². The molecule has 0 N–H and O–H groups in total. The van der Waals surface area contributed by atoms with Gasteiger partial charge in [-0.15, -0.1) is 0 Å². The molecule has 0 atom stereocenters. The summed E-state index contributed by atoms with van der Waals surface area (Å²) >= 11 is 0. The van der Waals surface area contributed by atoms with Gasteiger partial charge in [-0.1, -0.05) is 42.5 Å². The highest BCUT2D eigenvalue weighted by Gasteiger charge is 2.29. The fraction of sp³-hybridized carbons (Fsp3) is 0.176. The Morgan fingerprint density at radius 3 is 2.38 bits per heavy atom. The first-order chi connectivity index (χ1) is 10.2. The predicted molar refractivity (Wildman–Crippen MR) is 81.0 cm³/mol. The minimum Gasteiger partial charge on any atom is -0.332 e. The lowest BCUT2D eigenvalue weighted by atomic mass is 10.1. The van der Waals surface area contributed by atoms with Gasteiger partial charge in [-0.25, -0.2) is 0 Å². The third-order valence-corrected chi connectivity index (χ3v) is 3.63. The quantitative estimate of drug-likeness (QED) is 0.847. The number of rotatable bonds is 2. The van der Waals surface area contributed by atoms with Crippen LogP contribution in [0.25, 0.3) is 0 Å². The van der Waals surface area contributed by atoms with E-state index >= 15 is 0 Å². The molecule has 0 unspecified atom stereocenters. The Hall–Kier alpha value is -2.62. The Bertz CT molecular complexity index is 682. The highest BCUT2D eigenvalue weighted by Crippen LogP contribution is 2.26. The summed E-state index contributed by atoms with van der Waals surface area (Å²) in [5.74, 6) is -0.186. The van der Waals surface area contributed by atoms with Crippen molar-refractivity contribution in [3.05, 3.63) is 65.7 Å². The van der Waals surface area contributed by atoms with E-state index in [4.69, 9.17) is 0 Å². The molecule has 3 rings (SSSR count). The zero-order valence-electron chi connectivity index (χ0n) is 11.8. The molecule has 0 aliphatic carbocycles. The van der Waals surface area contributed by atoms with Gasteiger partial charge in [0.2, 0.25) is 5.91 Å². The Balaban J connectivity index is 2.04. The lowest BCUT2D eigenvalue weighted by Crippen LogP contribution is -2.37. The molecule has 2 aromatic carbocycles. The van der Waals surface area contributed by atoms with Crippen molar-refractivity contribution in [1.82, 2.24) is 4.90 Å². The number of hydrogen-bond acceptors (Lipinski definition) is 2. The van der Waals surface area contributed by atoms with Gasteiger partial charge in [0, 0.05) is 7.05 Å². The van der Waals surface area contributed by atoms with Gasteiger partial charge in [0.25, 0.3) is 5.91 Å². The largest absolute Gasteiger partial charge is 0.332 e. The number of para-hydroxylation sites is 1. The maximum atomic E-state index is 12.5. The second-order valence-electron chi connectivity index (χ2n) is 5.14. The molecule has 0 radical (unpaired) electrons. The summed E-state index contributed by atoms with van der Waals surface area (Å²) in [6.45, 7) is 0.568. The van der Waals surface area contributed by atoms with E-state index < -0.39 is 0 Å². The van der Waals surface area contributed by atoms with Crippen LogP contribution in [-0.2, 0) is 11.3 Å². The zero-order valence-corrected chi connectivity index (χ0v) is 11.8. The number of nitrogens with zero attached hydrogens (tertiary/aromatic N) is 2. The van der Waals surface area contributed by atoms with E-state index in [9.17, 15) is 9.59 Å². The molecule has 4 nitrogen and oxygen atoms in total. The molecule has 2 aromatic rings. The van der Waals surface area contributed by atoms with E-state index in [-0.39, 0.29) is 18.4 Å².